The predicted octanol–water partition coefficient (Wildman–Crippen LogP) is 2.91. The fourth-order valence-electron chi connectivity index (χ4n) is 2.74. The van der Waals surface area contributed by atoms with Crippen LogP contribution in [-0.2, 0) is 4.74 Å². The molecular formula is C15H23NO. The number of nitrogens with one attached hydrogen (secondary N) is 1. The van der Waals surface area contributed by atoms with E-state index in [-0.39, 0.29) is 6.10 Å². The number of hydrogen-bond acceptors (Lipinski definition) is 2. The number of aryl methyl sites for hydroxylation is 3. The van der Waals surface area contributed by atoms with Crippen LogP contribution in [0.25, 0.3) is 0 Å². The van der Waals surface area contributed by atoms with Crippen LogP contribution < -0.4 is 5.32 Å². The molecule has 94 valence electrons. The third-order valence-corrected chi connectivity index (χ3v) is 3.46. The summed E-state index contributed by atoms with van der Waals surface area (Å²) in [5, 5.41) is 3.49. The van der Waals surface area contributed by atoms with Crippen molar-refractivity contribution in [2.75, 3.05) is 19.7 Å². The van der Waals surface area contributed by atoms with E-state index in [0.29, 0.717) is 5.92 Å². The van der Waals surface area contributed by atoms with Crippen LogP contribution in [-0.4, -0.2) is 19.7 Å². The molecule has 1 aromatic carbocycles. The summed E-state index contributed by atoms with van der Waals surface area (Å²) in [5.74, 6) is 0.603. The zero-order valence-electron chi connectivity index (χ0n) is 11.3. The minimum atomic E-state index is 0.209. The van der Waals surface area contributed by atoms with Gasteiger partial charge < -0.3 is 10.1 Å². The Bertz CT molecular complexity index is 377. The summed E-state index contributed by atoms with van der Waals surface area (Å²) in [6.07, 6.45) is 0.209. The van der Waals surface area contributed by atoms with Gasteiger partial charge in [0.2, 0.25) is 0 Å². The molecule has 0 aliphatic carbocycles. The molecule has 2 atom stereocenters. The maximum absolute atomic E-state index is 6.04. The van der Waals surface area contributed by atoms with E-state index in [1.807, 2.05) is 0 Å². The van der Waals surface area contributed by atoms with Crippen molar-refractivity contribution < 1.29 is 4.74 Å². The lowest BCUT2D eigenvalue weighted by Gasteiger charge is -2.21. The Morgan fingerprint density at radius 1 is 1.12 bits per heavy atom. The monoisotopic (exact) mass is 233 g/mol. The highest BCUT2D eigenvalue weighted by Crippen LogP contribution is 2.27. The smallest absolute Gasteiger partial charge is 0.0954 e. The zero-order chi connectivity index (χ0) is 12.4. The first-order valence-corrected chi connectivity index (χ1v) is 6.48. The van der Waals surface area contributed by atoms with Crippen molar-refractivity contribution in [1.29, 1.82) is 0 Å². The standard InChI is InChI=1S/C15H23NO/c1-10-5-12(3)15(13(4)6-10)14-8-16-7-11(2)9-17-14/h5-6,11,14,16H,7-9H2,1-4H3. The van der Waals surface area contributed by atoms with Gasteiger partial charge in [0.25, 0.3) is 0 Å². The molecule has 1 heterocycles. The minimum Gasteiger partial charge on any atom is -0.372 e. The average Bonchev–Trinajstić information content (AvgIpc) is 2.42. The van der Waals surface area contributed by atoms with Crippen molar-refractivity contribution in [1.82, 2.24) is 5.32 Å². The minimum absolute atomic E-state index is 0.209. The van der Waals surface area contributed by atoms with Gasteiger partial charge >= 0.3 is 0 Å². The molecule has 2 nitrogen and oxygen atoms in total. The van der Waals surface area contributed by atoms with E-state index < -0.39 is 0 Å². The van der Waals surface area contributed by atoms with Crippen LogP contribution in [0.5, 0.6) is 0 Å². The van der Waals surface area contributed by atoms with Crippen molar-refractivity contribution in [3.05, 3.63) is 34.4 Å². The third kappa shape index (κ3) is 2.88. The van der Waals surface area contributed by atoms with Gasteiger partial charge in [0.05, 0.1) is 12.7 Å². The van der Waals surface area contributed by atoms with Gasteiger partial charge in [-0.2, -0.15) is 0 Å². The van der Waals surface area contributed by atoms with Crippen LogP contribution in [0.3, 0.4) is 0 Å². The number of rotatable bonds is 1. The van der Waals surface area contributed by atoms with Gasteiger partial charge in [0.15, 0.2) is 0 Å². The molecular weight excluding hydrogens is 210 g/mol. The number of ether oxygens (including phenoxy) is 1. The van der Waals surface area contributed by atoms with E-state index in [4.69, 9.17) is 4.74 Å². The molecule has 0 spiro atoms. The van der Waals surface area contributed by atoms with Crippen LogP contribution in [0, 0.1) is 26.7 Å². The molecule has 0 aromatic heterocycles. The number of benzene rings is 1. The summed E-state index contributed by atoms with van der Waals surface area (Å²) in [6.45, 7) is 11.6. The predicted molar refractivity (Wildman–Crippen MR) is 71.4 cm³/mol. The van der Waals surface area contributed by atoms with Crippen molar-refractivity contribution in [3.63, 3.8) is 0 Å². The van der Waals surface area contributed by atoms with Crippen LogP contribution in [0.15, 0.2) is 12.1 Å². The van der Waals surface area contributed by atoms with Crippen molar-refractivity contribution in [2.24, 2.45) is 5.92 Å². The highest BCUT2D eigenvalue weighted by molar-refractivity contribution is 5.39. The topological polar surface area (TPSA) is 21.3 Å². The lowest BCUT2D eigenvalue weighted by Crippen LogP contribution is -2.23. The Balaban J connectivity index is 2.27. The Morgan fingerprint density at radius 2 is 1.76 bits per heavy atom. The van der Waals surface area contributed by atoms with Crippen LogP contribution in [0.1, 0.15) is 35.3 Å². The number of hydrogen-bond donors (Lipinski definition) is 1. The summed E-state index contributed by atoms with van der Waals surface area (Å²) in [7, 11) is 0. The van der Waals surface area contributed by atoms with E-state index >= 15 is 0 Å². The van der Waals surface area contributed by atoms with Crippen molar-refractivity contribution >= 4 is 0 Å². The molecule has 0 saturated carbocycles. The van der Waals surface area contributed by atoms with E-state index in [0.717, 1.165) is 19.7 Å². The Morgan fingerprint density at radius 3 is 2.41 bits per heavy atom. The summed E-state index contributed by atoms with van der Waals surface area (Å²) >= 11 is 0. The first-order valence-electron chi connectivity index (χ1n) is 6.48. The second-order valence-corrected chi connectivity index (χ2v) is 5.40. The lowest BCUT2D eigenvalue weighted by atomic mass is 9.95. The Hall–Kier alpha value is -0.860. The largest absolute Gasteiger partial charge is 0.372 e. The molecule has 1 fully saturated rings. The first kappa shape index (κ1) is 12.6. The molecule has 1 aromatic rings. The van der Waals surface area contributed by atoms with E-state index in [2.05, 4.69) is 45.1 Å². The molecule has 0 radical (unpaired) electrons. The highest BCUT2D eigenvalue weighted by atomic mass is 16.5. The zero-order valence-corrected chi connectivity index (χ0v) is 11.3. The molecule has 1 N–H and O–H groups in total. The fraction of sp³-hybridized carbons (Fsp3) is 0.600. The van der Waals surface area contributed by atoms with Gasteiger partial charge in [-0.1, -0.05) is 24.6 Å². The normalized spacial score (nSPS) is 25.6. The van der Waals surface area contributed by atoms with E-state index in [1.165, 1.54) is 22.3 Å². The molecule has 1 aliphatic heterocycles. The van der Waals surface area contributed by atoms with Crippen LogP contribution in [0.4, 0.5) is 0 Å². The molecule has 2 unspecified atom stereocenters. The lowest BCUT2D eigenvalue weighted by molar-refractivity contribution is 0.0507. The van der Waals surface area contributed by atoms with E-state index in [9.17, 15) is 0 Å². The van der Waals surface area contributed by atoms with Crippen molar-refractivity contribution in [3.8, 4) is 0 Å². The third-order valence-electron chi connectivity index (χ3n) is 3.46. The molecule has 17 heavy (non-hydrogen) atoms. The molecule has 0 bridgehead atoms. The molecule has 0 amide bonds. The highest BCUT2D eigenvalue weighted by Gasteiger charge is 2.20. The van der Waals surface area contributed by atoms with Gasteiger partial charge in [0, 0.05) is 13.1 Å². The maximum atomic E-state index is 6.04. The second-order valence-electron chi connectivity index (χ2n) is 5.40. The van der Waals surface area contributed by atoms with Gasteiger partial charge in [-0.15, -0.1) is 0 Å². The van der Waals surface area contributed by atoms with Gasteiger partial charge in [-0.3, -0.25) is 0 Å². The second kappa shape index (κ2) is 5.19. The summed E-state index contributed by atoms with van der Waals surface area (Å²) < 4.78 is 6.04. The van der Waals surface area contributed by atoms with Crippen molar-refractivity contribution in [2.45, 2.75) is 33.8 Å². The van der Waals surface area contributed by atoms with Crippen LogP contribution >= 0.6 is 0 Å². The maximum Gasteiger partial charge on any atom is 0.0954 e. The van der Waals surface area contributed by atoms with E-state index in [1.54, 1.807) is 0 Å². The first-order chi connectivity index (χ1) is 8.08. The quantitative estimate of drug-likeness (QED) is 0.805. The fourth-order valence-corrected chi connectivity index (χ4v) is 2.74. The summed E-state index contributed by atoms with van der Waals surface area (Å²) in [5.41, 5.74) is 5.41. The van der Waals surface area contributed by atoms with Gasteiger partial charge in [-0.25, -0.2) is 0 Å². The van der Waals surface area contributed by atoms with Gasteiger partial charge in [0.1, 0.15) is 0 Å². The summed E-state index contributed by atoms with van der Waals surface area (Å²) in [6, 6.07) is 4.50. The Kier molecular flexibility index (Phi) is 3.85. The average molecular weight is 233 g/mol. The summed E-state index contributed by atoms with van der Waals surface area (Å²) in [4.78, 5) is 0. The molecule has 2 heteroatoms. The molecule has 2 rings (SSSR count). The molecule has 1 aliphatic rings. The van der Waals surface area contributed by atoms with Gasteiger partial charge in [-0.05, 0) is 43.4 Å². The Labute approximate surface area is 104 Å². The van der Waals surface area contributed by atoms with Crippen LogP contribution in [0.2, 0.25) is 0 Å². The SMILES string of the molecule is Cc1cc(C)c(C2CNCC(C)CO2)c(C)c1. The molecule has 1 saturated heterocycles.